The molecule has 4 rings (SSSR count). The standard InChI is InChI=1S/C21H13F3N2O4/c1-29-19-8-18-13(11-4-2-3-10(9-25)20(11)19)5-14(21(30-18)26(27)28)12-6-16(23)17(24)7-15(12)22/h2-4,6-8,14,21H,5H2,1H3. The maximum absolute atomic E-state index is 14.4. The van der Waals surface area contributed by atoms with Crippen molar-refractivity contribution in [3.8, 4) is 17.6 Å². The first-order valence-corrected chi connectivity index (χ1v) is 8.83. The van der Waals surface area contributed by atoms with E-state index in [0.29, 0.717) is 39.8 Å². The van der Waals surface area contributed by atoms with E-state index >= 15 is 0 Å². The highest BCUT2D eigenvalue weighted by Gasteiger charge is 2.42. The molecule has 0 radical (unpaired) electrons. The van der Waals surface area contributed by atoms with Gasteiger partial charge in [0.15, 0.2) is 11.6 Å². The molecule has 0 amide bonds. The second-order valence-electron chi connectivity index (χ2n) is 6.79. The Morgan fingerprint density at radius 2 is 1.93 bits per heavy atom. The zero-order chi connectivity index (χ0) is 21.6. The number of nitriles is 1. The van der Waals surface area contributed by atoms with Crippen LogP contribution in [0.2, 0.25) is 0 Å². The van der Waals surface area contributed by atoms with Crippen molar-refractivity contribution >= 4 is 10.8 Å². The summed E-state index contributed by atoms with van der Waals surface area (Å²) in [5.74, 6) is -4.58. The third-order valence-electron chi connectivity index (χ3n) is 5.20. The number of benzene rings is 3. The smallest absolute Gasteiger partial charge is 0.361 e. The number of rotatable bonds is 3. The van der Waals surface area contributed by atoms with Crippen LogP contribution in [0.5, 0.6) is 11.5 Å². The van der Waals surface area contributed by atoms with Crippen LogP contribution in [-0.2, 0) is 6.42 Å². The molecule has 9 heteroatoms. The molecule has 1 heterocycles. The summed E-state index contributed by atoms with van der Waals surface area (Å²) < 4.78 is 52.5. The van der Waals surface area contributed by atoms with Gasteiger partial charge in [0, 0.05) is 28.6 Å². The number of hydrogen-bond acceptors (Lipinski definition) is 5. The molecule has 0 aliphatic carbocycles. The van der Waals surface area contributed by atoms with E-state index in [1.165, 1.54) is 13.2 Å². The van der Waals surface area contributed by atoms with Crippen molar-refractivity contribution in [2.75, 3.05) is 7.11 Å². The minimum absolute atomic E-state index is 0.0850. The largest absolute Gasteiger partial charge is 0.496 e. The van der Waals surface area contributed by atoms with E-state index in [1.807, 2.05) is 0 Å². The highest BCUT2D eigenvalue weighted by molar-refractivity contribution is 5.97. The summed E-state index contributed by atoms with van der Waals surface area (Å²) in [6, 6.07) is 9.39. The molecule has 0 fully saturated rings. The normalized spacial score (nSPS) is 17.7. The lowest BCUT2D eigenvalue weighted by molar-refractivity contribution is -0.568. The van der Waals surface area contributed by atoms with Crippen molar-refractivity contribution in [2.24, 2.45) is 0 Å². The first-order chi connectivity index (χ1) is 14.3. The monoisotopic (exact) mass is 414 g/mol. The molecule has 2 unspecified atom stereocenters. The molecule has 0 N–H and O–H groups in total. The van der Waals surface area contributed by atoms with Crippen molar-refractivity contribution in [1.82, 2.24) is 0 Å². The third-order valence-corrected chi connectivity index (χ3v) is 5.20. The van der Waals surface area contributed by atoms with Crippen molar-refractivity contribution in [1.29, 1.82) is 5.26 Å². The Kier molecular flexibility index (Phi) is 4.70. The number of ether oxygens (including phenoxy) is 2. The van der Waals surface area contributed by atoms with E-state index in [4.69, 9.17) is 9.47 Å². The second kappa shape index (κ2) is 7.22. The summed E-state index contributed by atoms with van der Waals surface area (Å²) in [5.41, 5.74) is 0.441. The molecule has 6 nitrogen and oxygen atoms in total. The summed E-state index contributed by atoms with van der Waals surface area (Å²) in [7, 11) is 1.39. The molecule has 152 valence electrons. The maximum Gasteiger partial charge on any atom is 0.361 e. The van der Waals surface area contributed by atoms with Crippen LogP contribution in [0.15, 0.2) is 36.4 Å². The van der Waals surface area contributed by atoms with Gasteiger partial charge in [0.05, 0.1) is 29.6 Å². The molecule has 1 aliphatic heterocycles. The molecule has 1 aliphatic rings. The van der Waals surface area contributed by atoms with Gasteiger partial charge in [0.2, 0.25) is 0 Å². The van der Waals surface area contributed by atoms with Gasteiger partial charge >= 0.3 is 6.23 Å². The molecule has 0 spiro atoms. The Labute approximate surface area is 168 Å². The average Bonchev–Trinajstić information content (AvgIpc) is 2.74. The fourth-order valence-electron chi connectivity index (χ4n) is 3.86. The highest BCUT2D eigenvalue weighted by Crippen LogP contribution is 2.45. The Balaban J connectivity index is 1.96. The number of fused-ring (bicyclic) bond motifs is 3. The number of nitrogens with zero attached hydrogens (tertiary/aromatic N) is 2. The Morgan fingerprint density at radius 3 is 2.60 bits per heavy atom. The lowest BCUT2D eigenvalue weighted by Gasteiger charge is -2.30. The molecule has 30 heavy (non-hydrogen) atoms. The van der Waals surface area contributed by atoms with Gasteiger partial charge in [-0.15, -0.1) is 0 Å². The van der Waals surface area contributed by atoms with Crippen LogP contribution in [-0.4, -0.2) is 18.3 Å². The van der Waals surface area contributed by atoms with Gasteiger partial charge in [-0.05, 0) is 23.9 Å². The van der Waals surface area contributed by atoms with E-state index in [9.17, 15) is 28.5 Å². The van der Waals surface area contributed by atoms with Crippen LogP contribution < -0.4 is 9.47 Å². The van der Waals surface area contributed by atoms with E-state index < -0.39 is 34.5 Å². The van der Waals surface area contributed by atoms with Gasteiger partial charge < -0.3 is 9.47 Å². The molecular formula is C21H13F3N2O4. The molecular weight excluding hydrogens is 401 g/mol. The molecule has 2 atom stereocenters. The molecule has 0 saturated carbocycles. The van der Waals surface area contributed by atoms with Gasteiger partial charge in [-0.1, -0.05) is 12.1 Å². The molecule has 0 bridgehead atoms. The zero-order valence-electron chi connectivity index (χ0n) is 15.5. The fourth-order valence-corrected chi connectivity index (χ4v) is 3.86. The van der Waals surface area contributed by atoms with Gasteiger partial charge in [0.1, 0.15) is 17.3 Å². The number of halogens is 3. The summed E-state index contributed by atoms with van der Waals surface area (Å²) in [4.78, 5) is 10.9. The van der Waals surface area contributed by atoms with E-state index in [-0.39, 0.29) is 17.7 Å². The highest BCUT2D eigenvalue weighted by atomic mass is 19.2. The maximum atomic E-state index is 14.4. The van der Waals surface area contributed by atoms with Gasteiger partial charge in [-0.25, -0.2) is 13.2 Å². The number of nitro groups is 1. The Hall–Kier alpha value is -3.80. The second-order valence-corrected chi connectivity index (χ2v) is 6.79. The minimum atomic E-state index is -1.72. The fraction of sp³-hybridized carbons (Fsp3) is 0.190. The predicted molar refractivity (Wildman–Crippen MR) is 99.4 cm³/mol. The summed E-state index contributed by atoms with van der Waals surface area (Å²) in [5, 5.41) is 22.1. The summed E-state index contributed by atoms with van der Waals surface area (Å²) in [6.07, 6.45) is -1.81. The number of hydrogen-bond donors (Lipinski definition) is 0. The minimum Gasteiger partial charge on any atom is -0.496 e. The zero-order valence-corrected chi connectivity index (χ0v) is 15.5. The third kappa shape index (κ3) is 2.97. The first-order valence-electron chi connectivity index (χ1n) is 8.83. The van der Waals surface area contributed by atoms with Crippen molar-refractivity contribution in [3.05, 3.63) is 80.7 Å². The molecule has 0 saturated heterocycles. The van der Waals surface area contributed by atoms with Crippen LogP contribution in [0, 0.1) is 38.9 Å². The van der Waals surface area contributed by atoms with E-state index in [0.717, 1.165) is 0 Å². The SMILES string of the molecule is COc1cc2c(c3cccc(C#N)c13)CC(c1cc(F)c(F)cc1F)C([N+](=O)[O-])O2. The molecule has 3 aromatic rings. The van der Waals surface area contributed by atoms with Gasteiger partial charge in [-0.3, -0.25) is 10.1 Å². The van der Waals surface area contributed by atoms with Crippen molar-refractivity contribution in [2.45, 2.75) is 18.6 Å². The van der Waals surface area contributed by atoms with Crippen LogP contribution in [0.4, 0.5) is 13.2 Å². The topological polar surface area (TPSA) is 85.4 Å². The van der Waals surface area contributed by atoms with Crippen LogP contribution in [0.25, 0.3) is 10.8 Å². The van der Waals surface area contributed by atoms with Crippen LogP contribution in [0.3, 0.4) is 0 Å². The summed E-state index contributed by atoms with van der Waals surface area (Å²) >= 11 is 0. The quantitative estimate of drug-likeness (QED) is 0.359. The van der Waals surface area contributed by atoms with Crippen molar-refractivity contribution < 1.29 is 27.6 Å². The van der Waals surface area contributed by atoms with Crippen LogP contribution in [0.1, 0.15) is 22.6 Å². The van der Waals surface area contributed by atoms with Gasteiger partial charge in [-0.2, -0.15) is 5.26 Å². The Bertz CT molecular complexity index is 1240. The predicted octanol–water partition coefficient (Wildman–Crippen LogP) is 4.46. The van der Waals surface area contributed by atoms with Crippen molar-refractivity contribution in [3.63, 3.8) is 0 Å². The molecule has 3 aromatic carbocycles. The van der Waals surface area contributed by atoms with E-state index in [2.05, 4.69) is 6.07 Å². The number of methoxy groups -OCH3 is 1. The Morgan fingerprint density at radius 1 is 1.20 bits per heavy atom. The molecule has 0 aromatic heterocycles. The van der Waals surface area contributed by atoms with E-state index in [1.54, 1.807) is 18.2 Å². The van der Waals surface area contributed by atoms with Gasteiger partial charge in [0.25, 0.3) is 0 Å². The average molecular weight is 414 g/mol. The summed E-state index contributed by atoms with van der Waals surface area (Å²) in [6.45, 7) is 0. The lowest BCUT2D eigenvalue weighted by atomic mass is 9.85. The first kappa shape index (κ1) is 19.5. The van der Waals surface area contributed by atoms with Crippen LogP contribution >= 0.6 is 0 Å². The lowest BCUT2D eigenvalue weighted by Crippen LogP contribution is -2.38.